The van der Waals surface area contributed by atoms with Gasteiger partial charge in [-0.1, -0.05) is 19.9 Å². The fourth-order valence-corrected chi connectivity index (χ4v) is 2.47. The van der Waals surface area contributed by atoms with E-state index in [9.17, 15) is 4.79 Å². The molecule has 4 heteroatoms. The summed E-state index contributed by atoms with van der Waals surface area (Å²) in [4.78, 5) is 17.4. The van der Waals surface area contributed by atoms with Gasteiger partial charge < -0.3 is 5.11 Å². The van der Waals surface area contributed by atoms with Crippen LogP contribution in [0.1, 0.15) is 36.5 Å². The van der Waals surface area contributed by atoms with Crippen LogP contribution in [0.4, 0.5) is 0 Å². The number of hydrogen-bond donors (Lipinski definition) is 1. The predicted molar refractivity (Wildman–Crippen MR) is 69.4 cm³/mol. The second kappa shape index (κ2) is 5.48. The minimum absolute atomic E-state index is 0.132. The van der Waals surface area contributed by atoms with Crippen LogP contribution in [0.25, 0.3) is 0 Å². The molecule has 2 rings (SSSR count). The van der Waals surface area contributed by atoms with Gasteiger partial charge in [-0.25, -0.2) is 9.78 Å². The summed E-state index contributed by atoms with van der Waals surface area (Å²) in [6.07, 6.45) is 1.23. The van der Waals surface area contributed by atoms with E-state index in [1.165, 1.54) is 12.5 Å². The van der Waals surface area contributed by atoms with Crippen LogP contribution in [0.15, 0.2) is 18.2 Å². The maximum Gasteiger partial charge on any atom is 0.354 e. The van der Waals surface area contributed by atoms with E-state index in [2.05, 4.69) is 23.7 Å². The average Bonchev–Trinajstić information content (AvgIpc) is 2.78. The molecular formula is C14H20N2O2. The van der Waals surface area contributed by atoms with Crippen LogP contribution < -0.4 is 0 Å². The Morgan fingerprint density at radius 1 is 1.56 bits per heavy atom. The molecule has 4 nitrogen and oxygen atoms in total. The predicted octanol–water partition coefficient (Wildman–Crippen LogP) is 2.26. The van der Waals surface area contributed by atoms with Crippen molar-refractivity contribution in [2.24, 2.45) is 11.8 Å². The summed E-state index contributed by atoms with van der Waals surface area (Å²) in [5.74, 6) is 0.513. The summed E-state index contributed by atoms with van der Waals surface area (Å²) >= 11 is 0. The number of likely N-dealkylation sites (tertiary alicyclic amines) is 1. The van der Waals surface area contributed by atoms with Gasteiger partial charge in [0, 0.05) is 13.1 Å². The molecule has 0 amide bonds. The first-order valence-electron chi connectivity index (χ1n) is 6.48. The Bertz CT molecular complexity index is 432. The standard InChI is InChI=1S/C14H20N2O2/c1-10(2)11-6-7-16(8-11)9-12-4-3-5-13(15-12)14(17)18/h3-5,10-11H,6-9H2,1-2H3,(H,17,18). The number of aromatic carboxylic acids is 1. The Morgan fingerprint density at radius 2 is 2.33 bits per heavy atom. The van der Waals surface area contributed by atoms with E-state index >= 15 is 0 Å². The molecule has 0 saturated carbocycles. The van der Waals surface area contributed by atoms with Crippen LogP contribution in [0, 0.1) is 11.8 Å². The lowest BCUT2D eigenvalue weighted by atomic mass is 9.95. The molecule has 1 aromatic heterocycles. The van der Waals surface area contributed by atoms with Crippen molar-refractivity contribution in [2.45, 2.75) is 26.8 Å². The lowest BCUT2D eigenvalue weighted by Gasteiger charge is -2.17. The van der Waals surface area contributed by atoms with Crippen molar-refractivity contribution in [2.75, 3.05) is 13.1 Å². The summed E-state index contributed by atoms with van der Waals surface area (Å²) in [5, 5.41) is 8.91. The lowest BCUT2D eigenvalue weighted by Crippen LogP contribution is -2.22. The number of carboxylic acid groups (broad SMARTS) is 1. The first kappa shape index (κ1) is 13.0. The highest BCUT2D eigenvalue weighted by atomic mass is 16.4. The van der Waals surface area contributed by atoms with Gasteiger partial charge in [-0.2, -0.15) is 0 Å². The molecule has 1 aromatic rings. The van der Waals surface area contributed by atoms with Crippen molar-refractivity contribution in [3.8, 4) is 0 Å². The minimum atomic E-state index is -0.960. The molecule has 0 radical (unpaired) electrons. The molecule has 1 fully saturated rings. The molecule has 98 valence electrons. The number of carboxylic acids is 1. The minimum Gasteiger partial charge on any atom is -0.477 e. The zero-order chi connectivity index (χ0) is 13.1. The van der Waals surface area contributed by atoms with Gasteiger partial charge in [0.25, 0.3) is 0 Å². The third-order valence-corrected chi connectivity index (χ3v) is 3.66. The molecule has 0 aromatic carbocycles. The molecule has 1 N–H and O–H groups in total. The number of nitrogens with zero attached hydrogens (tertiary/aromatic N) is 2. The molecule has 1 atom stereocenters. The van der Waals surface area contributed by atoms with Crippen LogP contribution in [0.5, 0.6) is 0 Å². The van der Waals surface area contributed by atoms with Crippen molar-refractivity contribution in [1.82, 2.24) is 9.88 Å². The van der Waals surface area contributed by atoms with Crippen LogP contribution >= 0.6 is 0 Å². The second-order valence-corrected chi connectivity index (χ2v) is 5.35. The molecule has 0 bridgehead atoms. The van der Waals surface area contributed by atoms with Gasteiger partial charge in [0.05, 0.1) is 5.69 Å². The Morgan fingerprint density at radius 3 is 2.94 bits per heavy atom. The Hall–Kier alpha value is -1.42. The van der Waals surface area contributed by atoms with Crippen LogP contribution in [-0.2, 0) is 6.54 Å². The number of hydrogen-bond acceptors (Lipinski definition) is 3. The fraction of sp³-hybridized carbons (Fsp3) is 0.571. The van der Waals surface area contributed by atoms with Gasteiger partial charge in [-0.3, -0.25) is 4.90 Å². The SMILES string of the molecule is CC(C)C1CCN(Cc2cccc(C(=O)O)n2)C1. The van der Waals surface area contributed by atoms with Crippen molar-refractivity contribution in [1.29, 1.82) is 0 Å². The Labute approximate surface area is 108 Å². The topological polar surface area (TPSA) is 53.4 Å². The quantitative estimate of drug-likeness (QED) is 0.888. The smallest absolute Gasteiger partial charge is 0.354 e. The maximum atomic E-state index is 10.9. The van der Waals surface area contributed by atoms with E-state index in [-0.39, 0.29) is 5.69 Å². The third kappa shape index (κ3) is 3.07. The Kier molecular flexibility index (Phi) is 3.97. The van der Waals surface area contributed by atoms with E-state index in [0.717, 1.165) is 31.2 Å². The summed E-state index contributed by atoms with van der Waals surface area (Å²) < 4.78 is 0. The third-order valence-electron chi connectivity index (χ3n) is 3.66. The summed E-state index contributed by atoms with van der Waals surface area (Å²) in [6, 6.07) is 5.20. The molecule has 1 aliphatic rings. The van der Waals surface area contributed by atoms with Crippen molar-refractivity contribution >= 4 is 5.97 Å². The first-order valence-corrected chi connectivity index (χ1v) is 6.48. The summed E-state index contributed by atoms with van der Waals surface area (Å²) in [7, 11) is 0. The molecule has 18 heavy (non-hydrogen) atoms. The van der Waals surface area contributed by atoms with Gasteiger partial charge in [0.2, 0.25) is 0 Å². The molecule has 2 heterocycles. The normalized spacial score (nSPS) is 20.5. The van der Waals surface area contributed by atoms with Crippen molar-refractivity contribution in [3.63, 3.8) is 0 Å². The molecule has 0 aliphatic carbocycles. The van der Waals surface area contributed by atoms with Crippen molar-refractivity contribution in [3.05, 3.63) is 29.6 Å². The summed E-state index contributed by atoms with van der Waals surface area (Å²) in [6.45, 7) is 7.46. The highest BCUT2D eigenvalue weighted by Gasteiger charge is 2.24. The van der Waals surface area contributed by atoms with E-state index in [1.54, 1.807) is 6.07 Å². The highest BCUT2D eigenvalue weighted by molar-refractivity contribution is 5.85. The van der Waals surface area contributed by atoms with Gasteiger partial charge in [-0.05, 0) is 36.9 Å². The molecular weight excluding hydrogens is 228 g/mol. The molecule has 0 spiro atoms. The summed E-state index contributed by atoms with van der Waals surface area (Å²) in [5.41, 5.74) is 0.978. The van der Waals surface area contributed by atoms with Gasteiger partial charge in [0.15, 0.2) is 0 Å². The van der Waals surface area contributed by atoms with Gasteiger partial charge in [0.1, 0.15) is 5.69 Å². The van der Waals surface area contributed by atoms with E-state index in [1.807, 2.05) is 6.07 Å². The fourth-order valence-electron chi connectivity index (χ4n) is 2.47. The number of rotatable bonds is 4. The first-order chi connectivity index (χ1) is 8.56. The van der Waals surface area contributed by atoms with Crippen LogP contribution in [-0.4, -0.2) is 34.0 Å². The number of aromatic nitrogens is 1. The zero-order valence-electron chi connectivity index (χ0n) is 11.0. The highest BCUT2D eigenvalue weighted by Crippen LogP contribution is 2.24. The van der Waals surface area contributed by atoms with E-state index in [4.69, 9.17) is 5.11 Å². The van der Waals surface area contributed by atoms with E-state index < -0.39 is 5.97 Å². The zero-order valence-corrected chi connectivity index (χ0v) is 11.0. The van der Waals surface area contributed by atoms with Gasteiger partial charge >= 0.3 is 5.97 Å². The van der Waals surface area contributed by atoms with Crippen LogP contribution in [0.2, 0.25) is 0 Å². The lowest BCUT2D eigenvalue weighted by molar-refractivity contribution is 0.0690. The Balaban J connectivity index is 1.98. The second-order valence-electron chi connectivity index (χ2n) is 5.35. The molecule has 1 unspecified atom stereocenters. The van der Waals surface area contributed by atoms with Crippen molar-refractivity contribution < 1.29 is 9.90 Å². The maximum absolute atomic E-state index is 10.9. The average molecular weight is 248 g/mol. The van der Waals surface area contributed by atoms with Gasteiger partial charge in [-0.15, -0.1) is 0 Å². The number of carbonyl (C=O) groups is 1. The molecule has 1 saturated heterocycles. The monoisotopic (exact) mass is 248 g/mol. The van der Waals surface area contributed by atoms with E-state index in [0.29, 0.717) is 5.92 Å². The molecule has 1 aliphatic heterocycles. The largest absolute Gasteiger partial charge is 0.477 e. The van der Waals surface area contributed by atoms with Crippen LogP contribution in [0.3, 0.4) is 0 Å². The number of pyridine rings is 1.